The Morgan fingerprint density at radius 1 is 1.18 bits per heavy atom. The summed E-state index contributed by atoms with van der Waals surface area (Å²) in [5.41, 5.74) is 2.23. The third-order valence-electron chi connectivity index (χ3n) is 6.67. The predicted octanol–water partition coefficient (Wildman–Crippen LogP) is 4.47. The number of rotatable bonds is 5. The summed E-state index contributed by atoms with van der Waals surface area (Å²) in [6, 6.07) is 12.7. The van der Waals surface area contributed by atoms with Gasteiger partial charge in [-0.2, -0.15) is 0 Å². The van der Waals surface area contributed by atoms with Crippen molar-refractivity contribution in [2.75, 3.05) is 6.54 Å². The lowest BCUT2D eigenvalue weighted by molar-refractivity contribution is 0.0396. The molecule has 1 spiro atoms. The van der Waals surface area contributed by atoms with Crippen molar-refractivity contribution in [1.82, 2.24) is 25.2 Å². The first-order chi connectivity index (χ1) is 16.2. The van der Waals surface area contributed by atoms with E-state index in [2.05, 4.69) is 57.9 Å². The van der Waals surface area contributed by atoms with Crippen LogP contribution in [0, 0.1) is 6.92 Å². The number of aromatic nitrogens is 3. The molecule has 1 aliphatic carbocycles. The molecule has 5 rings (SSSR count). The fourth-order valence-corrected chi connectivity index (χ4v) is 5.00. The van der Waals surface area contributed by atoms with Crippen LogP contribution in [-0.4, -0.2) is 32.6 Å². The number of benzene rings is 1. The summed E-state index contributed by atoms with van der Waals surface area (Å²) in [6.07, 6.45) is 11.3. The van der Waals surface area contributed by atoms with Crippen LogP contribution in [0.25, 0.3) is 5.82 Å². The van der Waals surface area contributed by atoms with Gasteiger partial charge in [0.1, 0.15) is 23.0 Å². The van der Waals surface area contributed by atoms with Crippen LogP contribution in [0.5, 0.6) is 5.75 Å². The average Bonchev–Trinajstić information content (AvgIpc) is 3.47. The minimum absolute atomic E-state index is 0.0471. The molecule has 0 bridgehead atoms. The molecular weight excluding hydrogens is 412 g/mol. The quantitative estimate of drug-likeness (QED) is 0.449. The van der Waals surface area contributed by atoms with Gasteiger partial charge in [0.25, 0.3) is 0 Å². The summed E-state index contributed by atoms with van der Waals surface area (Å²) in [7, 11) is 0. The molecule has 1 atom stereocenters. The Morgan fingerprint density at radius 3 is 2.76 bits per heavy atom. The highest BCUT2D eigenvalue weighted by Crippen LogP contribution is 2.46. The van der Waals surface area contributed by atoms with E-state index in [4.69, 9.17) is 9.73 Å². The Hall–Kier alpha value is -3.35. The smallest absolute Gasteiger partial charge is 0.192 e. The summed E-state index contributed by atoms with van der Waals surface area (Å²) in [5, 5.41) is 7.12. The molecule has 1 fully saturated rings. The maximum absolute atomic E-state index is 6.52. The Kier molecular flexibility index (Phi) is 6.03. The largest absolute Gasteiger partial charge is 0.487 e. The van der Waals surface area contributed by atoms with E-state index in [1.54, 1.807) is 6.20 Å². The number of nitrogens with zero attached hydrogens (tertiary/aromatic N) is 4. The van der Waals surface area contributed by atoms with Crippen LogP contribution in [0.3, 0.4) is 0 Å². The minimum atomic E-state index is -0.0471. The average molecular weight is 445 g/mol. The molecule has 7 heteroatoms. The third kappa shape index (κ3) is 4.58. The predicted molar refractivity (Wildman–Crippen MR) is 130 cm³/mol. The number of para-hydroxylation sites is 1. The van der Waals surface area contributed by atoms with Gasteiger partial charge in [-0.25, -0.2) is 15.0 Å². The van der Waals surface area contributed by atoms with Gasteiger partial charge < -0.3 is 15.4 Å². The van der Waals surface area contributed by atoms with Gasteiger partial charge in [-0.05, 0) is 57.2 Å². The van der Waals surface area contributed by atoms with Crippen molar-refractivity contribution in [2.45, 2.75) is 64.1 Å². The van der Waals surface area contributed by atoms with Crippen LogP contribution in [0.15, 0.2) is 60.0 Å². The molecule has 0 amide bonds. The van der Waals surface area contributed by atoms with E-state index in [-0.39, 0.29) is 11.6 Å². The number of guanidine groups is 1. The molecule has 2 aliphatic rings. The number of hydrogen-bond acceptors (Lipinski definition) is 4. The first kappa shape index (κ1) is 21.5. The number of imidazole rings is 1. The lowest BCUT2D eigenvalue weighted by Crippen LogP contribution is -2.46. The molecule has 7 nitrogen and oxygen atoms in total. The fourth-order valence-electron chi connectivity index (χ4n) is 5.00. The topological polar surface area (TPSA) is 76.4 Å². The van der Waals surface area contributed by atoms with E-state index in [0.717, 1.165) is 54.7 Å². The number of ether oxygens (including phenoxy) is 1. The van der Waals surface area contributed by atoms with Gasteiger partial charge in [-0.1, -0.05) is 24.3 Å². The van der Waals surface area contributed by atoms with Crippen molar-refractivity contribution in [1.29, 1.82) is 0 Å². The van der Waals surface area contributed by atoms with Gasteiger partial charge >= 0.3 is 0 Å². The van der Waals surface area contributed by atoms with Crippen LogP contribution >= 0.6 is 0 Å². The van der Waals surface area contributed by atoms with Crippen LogP contribution in [0.1, 0.15) is 62.0 Å². The zero-order valence-electron chi connectivity index (χ0n) is 19.4. The highest BCUT2D eigenvalue weighted by Gasteiger charge is 2.43. The molecule has 1 aromatic carbocycles. The van der Waals surface area contributed by atoms with Gasteiger partial charge in [-0.3, -0.25) is 4.57 Å². The first-order valence-electron chi connectivity index (χ1n) is 11.9. The van der Waals surface area contributed by atoms with Crippen molar-refractivity contribution >= 4 is 5.96 Å². The molecule has 3 aromatic rings. The van der Waals surface area contributed by atoms with Crippen molar-refractivity contribution in [3.8, 4) is 11.6 Å². The number of fused-ring (bicyclic) bond motifs is 1. The number of aliphatic imine (C=N–C) groups is 1. The molecule has 3 heterocycles. The summed E-state index contributed by atoms with van der Waals surface area (Å²) >= 11 is 0. The lowest BCUT2D eigenvalue weighted by atomic mass is 9.86. The number of nitrogens with one attached hydrogen (secondary N) is 2. The van der Waals surface area contributed by atoms with Crippen LogP contribution in [0.2, 0.25) is 0 Å². The van der Waals surface area contributed by atoms with Crippen LogP contribution < -0.4 is 15.4 Å². The van der Waals surface area contributed by atoms with Crippen molar-refractivity contribution in [3.63, 3.8) is 0 Å². The Morgan fingerprint density at radius 2 is 2.03 bits per heavy atom. The van der Waals surface area contributed by atoms with E-state index in [0.29, 0.717) is 6.54 Å². The summed E-state index contributed by atoms with van der Waals surface area (Å²) < 4.78 is 8.49. The van der Waals surface area contributed by atoms with Crippen molar-refractivity contribution < 1.29 is 4.74 Å². The molecule has 1 unspecified atom stereocenters. The number of pyridine rings is 1. The second-order valence-electron chi connectivity index (χ2n) is 9.00. The van der Waals surface area contributed by atoms with E-state index in [1.165, 1.54) is 18.4 Å². The lowest BCUT2D eigenvalue weighted by Gasteiger charge is -2.40. The molecule has 33 heavy (non-hydrogen) atoms. The van der Waals surface area contributed by atoms with E-state index >= 15 is 0 Å². The molecule has 0 saturated heterocycles. The monoisotopic (exact) mass is 444 g/mol. The van der Waals surface area contributed by atoms with E-state index in [1.807, 2.05) is 30.0 Å². The van der Waals surface area contributed by atoms with Gasteiger partial charge in [-0.15, -0.1) is 0 Å². The Labute approximate surface area is 195 Å². The standard InChI is InChI=1S/C26H32N6O/c1-3-27-25(30-18-20-10-11-24(29-17-20)32-15-14-28-19(32)2)31-22-16-26(12-6-7-13-26)33-23-9-5-4-8-21(22)23/h4-5,8-11,14-15,17,22H,3,6-7,12-13,16,18H2,1-2H3,(H2,27,30,31). The van der Waals surface area contributed by atoms with Gasteiger partial charge in [0.15, 0.2) is 5.96 Å². The Balaban J connectivity index is 1.33. The summed E-state index contributed by atoms with van der Waals surface area (Å²) in [5.74, 6) is 3.61. The van der Waals surface area contributed by atoms with Crippen LogP contribution in [0.4, 0.5) is 0 Å². The normalized spacial score (nSPS) is 19.2. The van der Waals surface area contributed by atoms with Gasteiger partial charge in [0, 0.05) is 37.1 Å². The summed E-state index contributed by atoms with van der Waals surface area (Å²) in [6.45, 7) is 5.43. The maximum atomic E-state index is 6.52. The zero-order valence-corrected chi connectivity index (χ0v) is 19.4. The van der Waals surface area contributed by atoms with Crippen LogP contribution in [-0.2, 0) is 6.54 Å². The third-order valence-corrected chi connectivity index (χ3v) is 6.67. The molecule has 0 radical (unpaired) electrons. The zero-order chi connectivity index (χ0) is 22.7. The van der Waals surface area contributed by atoms with Gasteiger partial charge in [0.2, 0.25) is 0 Å². The van der Waals surface area contributed by atoms with Crippen molar-refractivity contribution in [3.05, 3.63) is 71.9 Å². The second-order valence-corrected chi connectivity index (χ2v) is 9.00. The summed E-state index contributed by atoms with van der Waals surface area (Å²) in [4.78, 5) is 13.7. The minimum Gasteiger partial charge on any atom is -0.487 e. The molecular formula is C26H32N6O. The van der Waals surface area contributed by atoms with Gasteiger partial charge in [0.05, 0.1) is 12.6 Å². The fraction of sp³-hybridized carbons (Fsp3) is 0.423. The first-order valence-corrected chi connectivity index (χ1v) is 11.9. The number of hydrogen-bond donors (Lipinski definition) is 2. The second kappa shape index (κ2) is 9.25. The molecule has 2 N–H and O–H groups in total. The highest BCUT2D eigenvalue weighted by molar-refractivity contribution is 5.80. The van der Waals surface area contributed by atoms with E-state index < -0.39 is 0 Å². The van der Waals surface area contributed by atoms with Crippen molar-refractivity contribution in [2.24, 2.45) is 4.99 Å². The maximum Gasteiger partial charge on any atom is 0.192 e. The SMILES string of the molecule is CCNC(=NCc1ccc(-n2ccnc2C)nc1)NC1CC2(CCCC2)Oc2ccccc21. The molecule has 2 aromatic heterocycles. The Bertz CT molecular complexity index is 1110. The highest BCUT2D eigenvalue weighted by atomic mass is 16.5. The molecule has 172 valence electrons. The van der Waals surface area contributed by atoms with E-state index in [9.17, 15) is 0 Å². The molecule has 1 aliphatic heterocycles. The number of aryl methyl sites for hydroxylation is 1. The molecule has 1 saturated carbocycles.